The highest BCUT2D eigenvalue weighted by atomic mass is 32.2. The predicted octanol–water partition coefficient (Wildman–Crippen LogP) is 4.83. The second-order valence-corrected chi connectivity index (χ2v) is 8.60. The quantitative estimate of drug-likeness (QED) is 0.395. The average Bonchev–Trinajstić information content (AvgIpc) is 3.16. The van der Waals surface area contributed by atoms with Crippen molar-refractivity contribution in [3.8, 4) is 17.2 Å². The molecule has 4 rings (SSSR count). The summed E-state index contributed by atoms with van der Waals surface area (Å²) in [6.45, 7) is 0.152. The molecule has 0 unspecified atom stereocenters. The van der Waals surface area contributed by atoms with E-state index in [0.29, 0.717) is 33.4 Å². The maximum atomic E-state index is 12.8. The van der Waals surface area contributed by atoms with Gasteiger partial charge in [-0.2, -0.15) is 0 Å². The van der Waals surface area contributed by atoms with Crippen LogP contribution in [-0.2, 0) is 9.59 Å². The first-order chi connectivity index (χ1) is 17.5. The van der Waals surface area contributed by atoms with Crippen molar-refractivity contribution < 1.29 is 28.6 Å². The van der Waals surface area contributed by atoms with Gasteiger partial charge in [-0.3, -0.25) is 19.3 Å². The van der Waals surface area contributed by atoms with Gasteiger partial charge in [0.05, 0.1) is 18.6 Å². The van der Waals surface area contributed by atoms with Crippen molar-refractivity contribution >= 4 is 40.6 Å². The van der Waals surface area contributed by atoms with E-state index < -0.39 is 0 Å². The molecule has 0 aromatic heterocycles. The SMILES string of the molecule is COc1cc(/C=C2\SC(=O)N(CCOc3ccccc3)C2=O)ccc1OCC(=O)Nc1ccccc1. The maximum absolute atomic E-state index is 12.8. The number of nitrogens with one attached hydrogen (secondary N) is 1. The van der Waals surface area contributed by atoms with Crippen molar-refractivity contribution in [2.24, 2.45) is 0 Å². The summed E-state index contributed by atoms with van der Waals surface area (Å²) in [5, 5.41) is 2.40. The van der Waals surface area contributed by atoms with Crippen molar-refractivity contribution in [2.45, 2.75) is 0 Å². The topological polar surface area (TPSA) is 94.2 Å². The number of para-hydroxylation sites is 2. The number of benzene rings is 3. The lowest BCUT2D eigenvalue weighted by Crippen LogP contribution is -2.32. The lowest BCUT2D eigenvalue weighted by Gasteiger charge is -2.13. The van der Waals surface area contributed by atoms with Crippen LogP contribution in [0.1, 0.15) is 5.56 Å². The van der Waals surface area contributed by atoms with Gasteiger partial charge in [0.2, 0.25) is 0 Å². The van der Waals surface area contributed by atoms with Crippen LogP contribution >= 0.6 is 11.8 Å². The summed E-state index contributed by atoms with van der Waals surface area (Å²) in [5.41, 5.74) is 1.33. The average molecular weight is 505 g/mol. The van der Waals surface area contributed by atoms with E-state index in [1.807, 2.05) is 48.5 Å². The minimum absolute atomic E-state index is 0.151. The first-order valence-corrected chi connectivity index (χ1v) is 11.9. The molecule has 0 spiro atoms. The molecular weight excluding hydrogens is 480 g/mol. The molecule has 3 aromatic carbocycles. The zero-order valence-corrected chi connectivity index (χ0v) is 20.3. The number of carbonyl (C=O) groups is 3. The number of thioether (sulfide) groups is 1. The largest absolute Gasteiger partial charge is 0.493 e. The van der Waals surface area contributed by atoms with Crippen LogP contribution in [0.25, 0.3) is 6.08 Å². The van der Waals surface area contributed by atoms with Crippen LogP contribution < -0.4 is 19.5 Å². The lowest BCUT2D eigenvalue weighted by molar-refractivity contribution is -0.123. The minimum Gasteiger partial charge on any atom is -0.493 e. The van der Waals surface area contributed by atoms with E-state index in [0.717, 1.165) is 11.8 Å². The number of hydrogen-bond donors (Lipinski definition) is 1. The van der Waals surface area contributed by atoms with Gasteiger partial charge in [-0.15, -0.1) is 0 Å². The van der Waals surface area contributed by atoms with Gasteiger partial charge in [0.15, 0.2) is 18.1 Å². The van der Waals surface area contributed by atoms with Gasteiger partial charge in [0.25, 0.3) is 17.1 Å². The monoisotopic (exact) mass is 504 g/mol. The van der Waals surface area contributed by atoms with Gasteiger partial charge < -0.3 is 19.5 Å². The van der Waals surface area contributed by atoms with Gasteiger partial charge in [0.1, 0.15) is 12.4 Å². The number of nitrogens with zero attached hydrogens (tertiary/aromatic N) is 1. The fourth-order valence-electron chi connectivity index (χ4n) is 3.37. The molecular formula is C27H24N2O6S. The number of methoxy groups -OCH3 is 1. The number of rotatable bonds is 10. The van der Waals surface area contributed by atoms with E-state index in [1.165, 1.54) is 12.0 Å². The third kappa shape index (κ3) is 6.45. The first-order valence-electron chi connectivity index (χ1n) is 11.1. The summed E-state index contributed by atoms with van der Waals surface area (Å²) in [5.74, 6) is 0.763. The van der Waals surface area contributed by atoms with Gasteiger partial charge in [-0.05, 0) is 59.8 Å². The number of imide groups is 1. The molecule has 36 heavy (non-hydrogen) atoms. The summed E-state index contributed by atoms with van der Waals surface area (Å²) < 4.78 is 16.6. The molecule has 1 aliphatic rings. The summed E-state index contributed by atoms with van der Waals surface area (Å²) >= 11 is 0.874. The molecule has 0 bridgehead atoms. The number of hydrogen-bond acceptors (Lipinski definition) is 7. The lowest BCUT2D eigenvalue weighted by atomic mass is 10.2. The predicted molar refractivity (Wildman–Crippen MR) is 138 cm³/mol. The molecule has 1 aliphatic heterocycles. The van der Waals surface area contributed by atoms with Crippen molar-refractivity contribution in [3.05, 3.63) is 89.3 Å². The van der Waals surface area contributed by atoms with Crippen molar-refractivity contribution in [1.29, 1.82) is 0 Å². The van der Waals surface area contributed by atoms with Crippen LogP contribution in [0.2, 0.25) is 0 Å². The molecule has 8 nitrogen and oxygen atoms in total. The molecule has 0 radical (unpaired) electrons. The second kappa shape index (κ2) is 11.9. The number of carbonyl (C=O) groups excluding carboxylic acids is 3. The highest BCUT2D eigenvalue weighted by molar-refractivity contribution is 8.18. The fourth-order valence-corrected chi connectivity index (χ4v) is 4.24. The van der Waals surface area contributed by atoms with Gasteiger partial charge >= 0.3 is 0 Å². The Labute approximate surface area is 212 Å². The van der Waals surface area contributed by atoms with Gasteiger partial charge in [-0.1, -0.05) is 42.5 Å². The van der Waals surface area contributed by atoms with E-state index >= 15 is 0 Å². The Balaban J connectivity index is 1.35. The molecule has 1 N–H and O–H groups in total. The van der Waals surface area contributed by atoms with E-state index in [4.69, 9.17) is 14.2 Å². The summed E-state index contributed by atoms with van der Waals surface area (Å²) in [6.07, 6.45) is 1.62. The van der Waals surface area contributed by atoms with E-state index in [2.05, 4.69) is 5.32 Å². The summed E-state index contributed by atoms with van der Waals surface area (Å²) in [4.78, 5) is 38.8. The highest BCUT2D eigenvalue weighted by Gasteiger charge is 2.34. The smallest absolute Gasteiger partial charge is 0.293 e. The number of anilines is 1. The summed E-state index contributed by atoms with van der Waals surface area (Å²) in [7, 11) is 1.48. The van der Waals surface area contributed by atoms with Crippen molar-refractivity contribution in [2.75, 3.05) is 32.2 Å². The van der Waals surface area contributed by atoms with Gasteiger partial charge in [-0.25, -0.2) is 0 Å². The van der Waals surface area contributed by atoms with Crippen molar-refractivity contribution in [3.63, 3.8) is 0 Å². The molecule has 9 heteroatoms. The highest BCUT2D eigenvalue weighted by Crippen LogP contribution is 2.34. The maximum Gasteiger partial charge on any atom is 0.293 e. The van der Waals surface area contributed by atoms with E-state index in [9.17, 15) is 14.4 Å². The second-order valence-electron chi connectivity index (χ2n) is 7.61. The Morgan fingerprint density at radius 3 is 2.39 bits per heavy atom. The molecule has 1 fully saturated rings. The Kier molecular flexibility index (Phi) is 8.25. The van der Waals surface area contributed by atoms with E-state index in [1.54, 1.807) is 36.4 Å². The molecule has 1 saturated heterocycles. The first kappa shape index (κ1) is 24.9. The van der Waals surface area contributed by atoms with Crippen LogP contribution in [0, 0.1) is 0 Å². The Morgan fingerprint density at radius 1 is 0.944 bits per heavy atom. The standard InChI is InChI=1S/C27H24N2O6S/c1-33-23-16-19(12-13-22(23)35-18-25(30)28-20-8-4-2-5-9-20)17-24-26(31)29(27(32)36-24)14-15-34-21-10-6-3-7-11-21/h2-13,16-17H,14-15,18H2,1H3,(H,28,30)/b24-17-. The zero-order chi connectivity index (χ0) is 25.3. The molecule has 184 valence electrons. The van der Waals surface area contributed by atoms with E-state index in [-0.39, 0.29) is 36.8 Å². The molecule has 3 aromatic rings. The third-order valence-corrected chi connectivity index (χ3v) is 6.01. The van der Waals surface area contributed by atoms with Crippen LogP contribution in [0.4, 0.5) is 10.5 Å². The molecule has 0 atom stereocenters. The Bertz CT molecular complexity index is 1260. The Hall–Kier alpha value is -4.24. The zero-order valence-electron chi connectivity index (χ0n) is 19.5. The normalized spacial score (nSPS) is 14.1. The summed E-state index contributed by atoms with van der Waals surface area (Å²) in [6, 6.07) is 23.3. The molecule has 0 saturated carbocycles. The van der Waals surface area contributed by atoms with Crippen LogP contribution in [0.3, 0.4) is 0 Å². The van der Waals surface area contributed by atoms with Crippen LogP contribution in [-0.4, -0.2) is 48.8 Å². The molecule has 0 aliphatic carbocycles. The molecule has 1 heterocycles. The number of ether oxygens (including phenoxy) is 3. The number of amides is 3. The fraction of sp³-hybridized carbons (Fsp3) is 0.148. The third-order valence-electron chi connectivity index (χ3n) is 5.10. The van der Waals surface area contributed by atoms with Crippen LogP contribution in [0.5, 0.6) is 17.2 Å². The van der Waals surface area contributed by atoms with Crippen LogP contribution in [0.15, 0.2) is 83.8 Å². The van der Waals surface area contributed by atoms with Gasteiger partial charge in [0, 0.05) is 5.69 Å². The van der Waals surface area contributed by atoms with Crippen molar-refractivity contribution in [1.82, 2.24) is 4.90 Å². The minimum atomic E-state index is -0.376. The molecule has 3 amide bonds. The Morgan fingerprint density at radius 2 is 1.67 bits per heavy atom.